The van der Waals surface area contributed by atoms with Crippen LogP contribution in [0.2, 0.25) is 0 Å². The van der Waals surface area contributed by atoms with Crippen molar-refractivity contribution in [2.75, 3.05) is 18.8 Å². The normalized spacial score (nSPS) is 19.3. The topological polar surface area (TPSA) is 46.3 Å². The zero-order valence-electron chi connectivity index (χ0n) is 9.89. The van der Waals surface area contributed by atoms with E-state index >= 15 is 0 Å². The Kier molecular flexibility index (Phi) is 2.82. The van der Waals surface area contributed by atoms with Crippen LogP contribution < -0.4 is 5.73 Å². The molecule has 92 valence electrons. The lowest BCUT2D eigenvalue weighted by Crippen LogP contribution is -2.34. The first kappa shape index (κ1) is 11.1. The van der Waals surface area contributed by atoms with Gasteiger partial charge in [-0.2, -0.15) is 0 Å². The quantitative estimate of drug-likeness (QED) is 0.873. The van der Waals surface area contributed by atoms with Gasteiger partial charge in [0.2, 0.25) is 0 Å². The number of anilines is 1. The third kappa shape index (κ3) is 2.63. The highest BCUT2D eigenvalue weighted by molar-refractivity contribution is 7.12. The molecule has 0 aliphatic heterocycles. The number of amides is 1. The molecular formula is C13H18N2OS. The lowest BCUT2D eigenvalue weighted by atomic mass is 10.2. The SMILES string of the molecule is Nc1ccsc1C(=O)N(CC1CC1)CC1CC1. The summed E-state index contributed by atoms with van der Waals surface area (Å²) in [6.07, 6.45) is 5.14. The van der Waals surface area contributed by atoms with Gasteiger partial charge in [0.25, 0.3) is 5.91 Å². The summed E-state index contributed by atoms with van der Waals surface area (Å²) in [6, 6.07) is 1.82. The minimum Gasteiger partial charge on any atom is -0.397 e. The molecule has 0 unspecified atom stereocenters. The molecule has 2 fully saturated rings. The van der Waals surface area contributed by atoms with Crippen molar-refractivity contribution in [3.05, 3.63) is 16.3 Å². The predicted octanol–water partition coefficient (Wildman–Crippen LogP) is 2.59. The second-order valence-corrected chi connectivity index (χ2v) is 6.22. The summed E-state index contributed by atoms with van der Waals surface area (Å²) in [6.45, 7) is 1.87. The molecule has 3 nitrogen and oxygen atoms in total. The van der Waals surface area contributed by atoms with Crippen LogP contribution in [-0.2, 0) is 0 Å². The fourth-order valence-corrected chi connectivity index (χ4v) is 2.89. The molecule has 1 amide bonds. The maximum atomic E-state index is 12.4. The number of nitrogen functional groups attached to an aromatic ring is 1. The van der Waals surface area contributed by atoms with E-state index in [-0.39, 0.29) is 5.91 Å². The van der Waals surface area contributed by atoms with Crippen LogP contribution in [0, 0.1) is 11.8 Å². The molecule has 2 saturated carbocycles. The number of carbonyl (C=O) groups is 1. The summed E-state index contributed by atoms with van der Waals surface area (Å²) in [5, 5.41) is 1.90. The van der Waals surface area contributed by atoms with Crippen molar-refractivity contribution in [1.29, 1.82) is 0 Å². The molecule has 0 spiro atoms. The first-order valence-corrected chi connectivity index (χ1v) is 7.24. The van der Waals surface area contributed by atoms with E-state index in [1.54, 1.807) is 0 Å². The van der Waals surface area contributed by atoms with E-state index in [9.17, 15) is 4.79 Å². The number of thiophene rings is 1. The Labute approximate surface area is 106 Å². The van der Waals surface area contributed by atoms with Gasteiger partial charge in [0, 0.05) is 13.1 Å². The minimum absolute atomic E-state index is 0.149. The van der Waals surface area contributed by atoms with Crippen molar-refractivity contribution in [2.45, 2.75) is 25.7 Å². The van der Waals surface area contributed by atoms with Gasteiger partial charge < -0.3 is 10.6 Å². The zero-order chi connectivity index (χ0) is 11.8. The van der Waals surface area contributed by atoms with Gasteiger partial charge >= 0.3 is 0 Å². The van der Waals surface area contributed by atoms with Crippen LogP contribution in [0.3, 0.4) is 0 Å². The van der Waals surface area contributed by atoms with E-state index in [0.717, 1.165) is 29.8 Å². The molecule has 1 heterocycles. The number of rotatable bonds is 5. The first-order chi connectivity index (χ1) is 8.24. The Morgan fingerprint density at radius 1 is 1.29 bits per heavy atom. The standard InChI is InChI=1S/C13H18N2OS/c14-11-5-6-17-12(11)13(16)15(7-9-1-2-9)8-10-3-4-10/h5-6,9-10H,1-4,7-8,14H2. The van der Waals surface area contributed by atoms with Crippen molar-refractivity contribution in [3.8, 4) is 0 Å². The average Bonchev–Trinajstić information content (AvgIpc) is 3.21. The van der Waals surface area contributed by atoms with E-state index in [0.29, 0.717) is 5.69 Å². The van der Waals surface area contributed by atoms with E-state index in [1.165, 1.54) is 37.0 Å². The van der Waals surface area contributed by atoms with Crippen molar-refractivity contribution >= 4 is 22.9 Å². The summed E-state index contributed by atoms with van der Waals surface area (Å²) in [5.74, 6) is 1.65. The molecule has 0 bridgehead atoms. The molecule has 0 aromatic carbocycles. The van der Waals surface area contributed by atoms with Crippen LogP contribution in [0.4, 0.5) is 5.69 Å². The molecule has 2 aliphatic rings. The van der Waals surface area contributed by atoms with Gasteiger partial charge in [-0.05, 0) is 49.0 Å². The minimum atomic E-state index is 0.149. The van der Waals surface area contributed by atoms with E-state index in [4.69, 9.17) is 5.73 Å². The lowest BCUT2D eigenvalue weighted by Gasteiger charge is -2.22. The fourth-order valence-electron chi connectivity index (χ4n) is 2.10. The fraction of sp³-hybridized carbons (Fsp3) is 0.615. The van der Waals surface area contributed by atoms with Gasteiger partial charge in [-0.1, -0.05) is 0 Å². The highest BCUT2D eigenvalue weighted by atomic mass is 32.1. The molecule has 4 heteroatoms. The Morgan fingerprint density at radius 2 is 1.88 bits per heavy atom. The number of carbonyl (C=O) groups excluding carboxylic acids is 1. The first-order valence-electron chi connectivity index (χ1n) is 6.36. The maximum Gasteiger partial charge on any atom is 0.266 e. The lowest BCUT2D eigenvalue weighted by molar-refractivity contribution is 0.0745. The number of hydrogen-bond donors (Lipinski definition) is 1. The summed E-state index contributed by atoms with van der Waals surface area (Å²) >= 11 is 1.46. The summed E-state index contributed by atoms with van der Waals surface area (Å²) in [7, 11) is 0. The molecule has 2 N–H and O–H groups in total. The van der Waals surface area contributed by atoms with Crippen LogP contribution in [0.25, 0.3) is 0 Å². The third-order valence-corrected chi connectivity index (χ3v) is 4.45. The second-order valence-electron chi connectivity index (χ2n) is 5.30. The molecular weight excluding hydrogens is 232 g/mol. The maximum absolute atomic E-state index is 12.4. The van der Waals surface area contributed by atoms with Gasteiger partial charge in [-0.3, -0.25) is 4.79 Å². The second kappa shape index (κ2) is 4.33. The van der Waals surface area contributed by atoms with Crippen molar-refractivity contribution < 1.29 is 4.79 Å². The van der Waals surface area contributed by atoms with E-state index in [2.05, 4.69) is 0 Å². The average molecular weight is 250 g/mol. The van der Waals surface area contributed by atoms with Gasteiger partial charge in [0.15, 0.2) is 0 Å². The molecule has 2 aliphatic carbocycles. The summed E-state index contributed by atoms with van der Waals surface area (Å²) in [4.78, 5) is 15.2. The molecule has 0 radical (unpaired) electrons. The monoisotopic (exact) mass is 250 g/mol. The van der Waals surface area contributed by atoms with Crippen LogP contribution in [0.5, 0.6) is 0 Å². The molecule has 1 aromatic heterocycles. The zero-order valence-corrected chi connectivity index (χ0v) is 10.7. The van der Waals surface area contributed by atoms with Gasteiger partial charge in [-0.15, -0.1) is 11.3 Å². The number of hydrogen-bond acceptors (Lipinski definition) is 3. The summed E-state index contributed by atoms with van der Waals surface area (Å²) < 4.78 is 0. The van der Waals surface area contributed by atoms with Crippen LogP contribution in [0.1, 0.15) is 35.4 Å². The Balaban J connectivity index is 1.71. The highest BCUT2D eigenvalue weighted by Crippen LogP contribution is 2.35. The molecule has 1 aromatic rings. The van der Waals surface area contributed by atoms with Crippen molar-refractivity contribution in [2.24, 2.45) is 11.8 Å². The largest absolute Gasteiger partial charge is 0.397 e. The van der Waals surface area contributed by atoms with Crippen molar-refractivity contribution in [1.82, 2.24) is 4.90 Å². The van der Waals surface area contributed by atoms with Crippen molar-refractivity contribution in [3.63, 3.8) is 0 Å². The van der Waals surface area contributed by atoms with Gasteiger partial charge in [0.1, 0.15) is 4.88 Å². The molecule has 3 rings (SSSR count). The third-order valence-electron chi connectivity index (χ3n) is 3.53. The van der Waals surface area contributed by atoms with E-state index in [1.807, 2.05) is 16.3 Å². The Bertz CT molecular complexity index is 407. The Hall–Kier alpha value is -1.03. The molecule has 0 atom stereocenters. The van der Waals surface area contributed by atoms with Crippen LogP contribution in [-0.4, -0.2) is 23.9 Å². The highest BCUT2D eigenvalue weighted by Gasteiger charge is 2.32. The Morgan fingerprint density at radius 3 is 2.29 bits per heavy atom. The van der Waals surface area contributed by atoms with Crippen LogP contribution >= 0.6 is 11.3 Å². The van der Waals surface area contributed by atoms with Crippen LogP contribution in [0.15, 0.2) is 11.4 Å². The number of nitrogens with zero attached hydrogens (tertiary/aromatic N) is 1. The van der Waals surface area contributed by atoms with Gasteiger partial charge in [0.05, 0.1) is 5.69 Å². The van der Waals surface area contributed by atoms with Gasteiger partial charge in [-0.25, -0.2) is 0 Å². The van der Waals surface area contributed by atoms with E-state index < -0.39 is 0 Å². The predicted molar refractivity (Wildman–Crippen MR) is 70.1 cm³/mol. The summed E-state index contributed by atoms with van der Waals surface area (Å²) in [5.41, 5.74) is 6.47. The molecule has 17 heavy (non-hydrogen) atoms. The molecule has 0 saturated heterocycles. The number of nitrogens with two attached hydrogens (primary N) is 1. The smallest absolute Gasteiger partial charge is 0.266 e.